The monoisotopic (exact) mass is 171 g/mol. The highest BCUT2D eigenvalue weighted by Crippen LogP contribution is 2.13. The lowest BCUT2D eigenvalue weighted by Gasteiger charge is -2.26. The molecule has 0 spiro atoms. The average molecular weight is 171 g/mol. The first-order valence-corrected chi connectivity index (χ1v) is 4.64. The summed E-state index contributed by atoms with van der Waals surface area (Å²) in [7, 11) is 1.87. The van der Waals surface area contributed by atoms with Crippen LogP contribution in [0.1, 0.15) is 34.6 Å². The summed E-state index contributed by atoms with van der Waals surface area (Å²) >= 11 is 0. The Balaban J connectivity index is 4.19. The van der Waals surface area contributed by atoms with Gasteiger partial charge in [0.25, 0.3) is 0 Å². The second-order valence-electron chi connectivity index (χ2n) is 4.08. The quantitative estimate of drug-likeness (QED) is 0.637. The van der Waals surface area contributed by atoms with Gasteiger partial charge in [-0.05, 0) is 19.8 Å². The van der Waals surface area contributed by atoms with Crippen LogP contribution in [0.3, 0.4) is 0 Å². The van der Waals surface area contributed by atoms with Crippen molar-refractivity contribution in [2.45, 2.75) is 40.7 Å². The minimum Gasteiger partial charge on any atom is -0.343 e. The van der Waals surface area contributed by atoms with Gasteiger partial charge < -0.3 is 4.90 Å². The van der Waals surface area contributed by atoms with E-state index in [-0.39, 0.29) is 11.8 Å². The first-order valence-electron chi connectivity index (χ1n) is 4.64. The Morgan fingerprint density at radius 1 is 1.08 bits per heavy atom. The number of hydrogen-bond donors (Lipinski definition) is 0. The van der Waals surface area contributed by atoms with E-state index in [0.29, 0.717) is 12.0 Å². The molecule has 0 N–H and O–H groups in total. The smallest absolute Gasteiger partial charge is 0.225 e. The molecule has 1 atom stereocenters. The summed E-state index contributed by atoms with van der Waals surface area (Å²) < 4.78 is 0. The molecule has 0 radical (unpaired) electrons. The number of hydrogen-bond acceptors (Lipinski definition) is 1. The van der Waals surface area contributed by atoms with Gasteiger partial charge in [-0.1, -0.05) is 20.8 Å². The van der Waals surface area contributed by atoms with Crippen molar-refractivity contribution in [3.63, 3.8) is 0 Å². The first-order chi connectivity index (χ1) is 5.37. The molecule has 0 aliphatic carbocycles. The van der Waals surface area contributed by atoms with Crippen LogP contribution in [0, 0.1) is 11.8 Å². The highest BCUT2D eigenvalue weighted by atomic mass is 16.2. The van der Waals surface area contributed by atoms with Crippen molar-refractivity contribution in [3.05, 3.63) is 0 Å². The molecule has 0 aliphatic rings. The third-order valence-electron chi connectivity index (χ3n) is 2.51. The lowest BCUT2D eigenvalue weighted by atomic mass is 9.96. The van der Waals surface area contributed by atoms with E-state index in [0.717, 1.165) is 0 Å². The Kier molecular flexibility index (Phi) is 4.29. The Labute approximate surface area is 75.9 Å². The fraction of sp³-hybridized carbons (Fsp3) is 0.900. The van der Waals surface area contributed by atoms with Crippen molar-refractivity contribution in [1.82, 2.24) is 4.90 Å². The summed E-state index contributed by atoms with van der Waals surface area (Å²) in [5.41, 5.74) is 0. The molecule has 0 aromatic rings. The molecule has 0 heterocycles. The van der Waals surface area contributed by atoms with Gasteiger partial charge in [0.1, 0.15) is 0 Å². The van der Waals surface area contributed by atoms with Gasteiger partial charge in [-0.15, -0.1) is 0 Å². The number of rotatable bonds is 3. The Hall–Kier alpha value is -0.530. The number of carbonyl (C=O) groups excluding carboxylic acids is 1. The third kappa shape index (κ3) is 2.84. The summed E-state index contributed by atoms with van der Waals surface area (Å²) in [6, 6.07) is 0.304. The molecule has 72 valence electrons. The minimum absolute atomic E-state index is 0.136. The Morgan fingerprint density at radius 2 is 1.50 bits per heavy atom. The fourth-order valence-corrected chi connectivity index (χ4v) is 0.861. The second-order valence-corrected chi connectivity index (χ2v) is 4.08. The molecule has 0 rings (SSSR count). The molecule has 0 bridgehead atoms. The summed E-state index contributed by atoms with van der Waals surface area (Å²) in [4.78, 5) is 13.5. The highest BCUT2D eigenvalue weighted by molar-refractivity contribution is 5.78. The zero-order valence-electron chi connectivity index (χ0n) is 9.09. The SMILES string of the molecule is CC(C)[C@H](C)C(=O)N(C)C(C)C. The second kappa shape index (κ2) is 4.48. The molecule has 0 unspecified atom stereocenters. The van der Waals surface area contributed by atoms with Crippen molar-refractivity contribution in [3.8, 4) is 0 Å². The maximum Gasteiger partial charge on any atom is 0.225 e. The first kappa shape index (κ1) is 11.5. The van der Waals surface area contributed by atoms with Crippen molar-refractivity contribution in [2.24, 2.45) is 11.8 Å². The van der Waals surface area contributed by atoms with Gasteiger partial charge in [-0.2, -0.15) is 0 Å². The van der Waals surface area contributed by atoms with Gasteiger partial charge in [0, 0.05) is 19.0 Å². The molecule has 0 fully saturated rings. The highest BCUT2D eigenvalue weighted by Gasteiger charge is 2.21. The average Bonchev–Trinajstić information content (AvgIpc) is 2.00. The van der Waals surface area contributed by atoms with Crippen molar-refractivity contribution < 1.29 is 4.79 Å². The zero-order valence-corrected chi connectivity index (χ0v) is 9.09. The molecule has 0 aliphatic heterocycles. The van der Waals surface area contributed by atoms with E-state index in [1.807, 2.05) is 32.7 Å². The van der Waals surface area contributed by atoms with Gasteiger partial charge in [-0.3, -0.25) is 4.79 Å². The molecule has 1 amide bonds. The molecule has 2 heteroatoms. The van der Waals surface area contributed by atoms with Gasteiger partial charge in [0.15, 0.2) is 0 Å². The molecular formula is C10H21NO. The van der Waals surface area contributed by atoms with E-state index in [1.54, 1.807) is 0 Å². The maximum absolute atomic E-state index is 11.7. The zero-order chi connectivity index (χ0) is 9.89. The predicted octanol–water partition coefficient (Wildman–Crippen LogP) is 2.15. The van der Waals surface area contributed by atoms with Crippen LogP contribution in [-0.4, -0.2) is 23.9 Å². The van der Waals surface area contributed by atoms with Crippen LogP contribution < -0.4 is 0 Å². The number of carbonyl (C=O) groups is 1. The van der Waals surface area contributed by atoms with E-state index >= 15 is 0 Å². The molecule has 12 heavy (non-hydrogen) atoms. The lowest BCUT2D eigenvalue weighted by molar-refractivity contribution is -0.136. The van der Waals surface area contributed by atoms with Crippen LogP contribution in [0.15, 0.2) is 0 Å². The normalized spacial score (nSPS) is 13.7. The van der Waals surface area contributed by atoms with Crippen LogP contribution >= 0.6 is 0 Å². The number of amides is 1. The van der Waals surface area contributed by atoms with E-state index < -0.39 is 0 Å². The standard InChI is InChI=1S/C10H21NO/c1-7(2)9(5)10(12)11(6)8(3)4/h7-9H,1-6H3/t9-/m0/s1. The van der Waals surface area contributed by atoms with E-state index in [9.17, 15) is 4.79 Å². The van der Waals surface area contributed by atoms with Crippen LogP contribution in [0.4, 0.5) is 0 Å². The van der Waals surface area contributed by atoms with Crippen LogP contribution in [0.2, 0.25) is 0 Å². The predicted molar refractivity (Wildman–Crippen MR) is 51.9 cm³/mol. The van der Waals surface area contributed by atoms with Crippen LogP contribution in [0.5, 0.6) is 0 Å². The molecule has 0 saturated carbocycles. The van der Waals surface area contributed by atoms with Crippen molar-refractivity contribution in [1.29, 1.82) is 0 Å². The fourth-order valence-electron chi connectivity index (χ4n) is 0.861. The van der Waals surface area contributed by atoms with E-state index in [4.69, 9.17) is 0 Å². The van der Waals surface area contributed by atoms with Gasteiger partial charge >= 0.3 is 0 Å². The summed E-state index contributed by atoms with van der Waals surface area (Å²) in [5.74, 6) is 0.816. The molecule has 2 nitrogen and oxygen atoms in total. The van der Waals surface area contributed by atoms with E-state index in [1.165, 1.54) is 0 Å². The molecular weight excluding hydrogens is 150 g/mol. The van der Waals surface area contributed by atoms with Crippen molar-refractivity contribution in [2.75, 3.05) is 7.05 Å². The van der Waals surface area contributed by atoms with Crippen LogP contribution in [0.25, 0.3) is 0 Å². The minimum atomic E-state index is 0.136. The lowest BCUT2D eigenvalue weighted by Crippen LogP contribution is -2.38. The molecule has 0 saturated heterocycles. The third-order valence-corrected chi connectivity index (χ3v) is 2.51. The van der Waals surface area contributed by atoms with Crippen molar-refractivity contribution >= 4 is 5.91 Å². The summed E-state index contributed by atoms with van der Waals surface area (Å²) in [6.45, 7) is 10.2. The van der Waals surface area contributed by atoms with Gasteiger partial charge in [0.05, 0.1) is 0 Å². The summed E-state index contributed by atoms with van der Waals surface area (Å²) in [5, 5.41) is 0. The largest absolute Gasteiger partial charge is 0.343 e. The summed E-state index contributed by atoms with van der Waals surface area (Å²) in [6.07, 6.45) is 0. The van der Waals surface area contributed by atoms with Crippen LogP contribution in [-0.2, 0) is 4.79 Å². The molecule has 0 aromatic heterocycles. The Bertz CT molecular complexity index is 136. The van der Waals surface area contributed by atoms with E-state index in [2.05, 4.69) is 13.8 Å². The maximum atomic E-state index is 11.7. The Morgan fingerprint density at radius 3 is 1.75 bits per heavy atom. The topological polar surface area (TPSA) is 20.3 Å². The van der Waals surface area contributed by atoms with Gasteiger partial charge in [-0.25, -0.2) is 0 Å². The van der Waals surface area contributed by atoms with Gasteiger partial charge in [0.2, 0.25) is 5.91 Å². The number of nitrogens with zero attached hydrogens (tertiary/aromatic N) is 1. The molecule has 0 aromatic carbocycles.